The van der Waals surface area contributed by atoms with E-state index in [4.69, 9.17) is 14.2 Å². The number of hydrogen-bond acceptors (Lipinski definition) is 9. The molecule has 2 N–H and O–H groups in total. The number of Topliss-reactive ketones (excluding diaryl/α,β-unsaturated/α-hetero) is 1. The van der Waals surface area contributed by atoms with E-state index >= 15 is 0 Å². The number of benzene rings is 1. The zero-order valence-electron chi connectivity index (χ0n) is 26.4. The van der Waals surface area contributed by atoms with Gasteiger partial charge in [0.2, 0.25) is 0 Å². The topological polar surface area (TPSA) is 153 Å². The lowest BCUT2D eigenvalue weighted by Crippen LogP contribution is -2.50. The summed E-state index contributed by atoms with van der Waals surface area (Å²) in [5, 5.41) is 22.0. The third-order valence-electron chi connectivity index (χ3n) is 9.62. The molecule has 0 aliphatic heterocycles. The summed E-state index contributed by atoms with van der Waals surface area (Å²) in [5.41, 5.74) is -2.17. The van der Waals surface area contributed by atoms with Crippen molar-refractivity contribution in [1.82, 2.24) is 0 Å². The molecule has 2 aliphatic carbocycles. The summed E-state index contributed by atoms with van der Waals surface area (Å²) in [7, 11) is 1.25. The van der Waals surface area contributed by atoms with Crippen molar-refractivity contribution in [3.63, 3.8) is 0 Å². The van der Waals surface area contributed by atoms with Crippen LogP contribution in [0, 0.1) is 22.7 Å². The Bertz CT molecular complexity index is 1170. The Hall–Kier alpha value is -3.27. The van der Waals surface area contributed by atoms with Gasteiger partial charge in [0.25, 0.3) is 0 Å². The number of ether oxygens (including phenoxy) is 3. The van der Waals surface area contributed by atoms with Gasteiger partial charge in [-0.05, 0) is 50.0 Å². The van der Waals surface area contributed by atoms with E-state index in [-0.39, 0.29) is 44.4 Å². The van der Waals surface area contributed by atoms with Crippen LogP contribution >= 0.6 is 0 Å². The van der Waals surface area contributed by atoms with Crippen molar-refractivity contribution in [2.24, 2.45) is 22.7 Å². The van der Waals surface area contributed by atoms with Crippen LogP contribution in [0.1, 0.15) is 97.0 Å². The summed E-state index contributed by atoms with van der Waals surface area (Å²) >= 11 is 0. The molecule has 0 aromatic heterocycles. The average molecular weight is 617 g/mol. The van der Waals surface area contributed by atoms with Crippen LogP contribution in [0.2, 0.25) is 0 Å². The molecule has 2 saturated carbocycles. The molecule has 244 valence electrons. The van der Waals surface area contributed by atoms with Gasteiger partial charge in [-0.2, -0.15) is 0 Å². The van der Waals surface area contributed by atoms with Crippen molar-refractivity contribution in [3.8, 4) is 0 Å². The van der Waals surface area contributed by atoms with Gasteiger partial charge in [0.1, 0.15) is 6.10 Å². The van der Waals surface area contributed by atoms with Gasteiger partial charge >= 0.3 is 23.9 Å². The van der Waals surface area contributed by atoms with Gasteiger partial charge in [-0.3, -0.25) is 24.0 Å². The van der Waals surface area contributed by atoms with Gasteiger partial charge in [-0.15, -0.1) is 0 Å². The average Bonchev–Trinajstić information content (AvgIpc) is 3.19. The van der Waals surface area contributed by atoms with Crippen LogP contribution in [0.5, 0.6) is 0 Å². The van der Waals surface area contributed by atoms with Crippen molar-refractivity contribution in [2.45, 2.75) is 116 Å². The van der Waals surface area contributed by atoms with Crippen molar-refractivity contribution < 1.29 is 48.4 Å². The number of carboxylic acid groups (broad SMARTS) is 1. The smallest absolute Gasteiger partial charge is 0.321 e. The van der Waals surface area contributed by atoms with Crippen LogP contribution in [0.15, 0.2) is 30.3 Å². The first-order chi connectivity index (χ1) is 20.9. The molecule has 10 heteroatoms. The molecule has 0 amide bonds. The molecule has 1 aromatic rings. The highest BCUT2D eigenvalue weighted by atomic mass is 16.6. The van der Waals surface area contributed by atoms with Crippen LogP contribution in [0.3, 0.4) is 0 Å². The number of unbranched alkanes of at least 4 members (excludes halogenated alkanes) is 4. The van der Waals surface area contributed by atoms with Crippen LogP contribution in [-0.2, 0) is 44.6 Å². The Labute approximate surface area is 259 Å². The fourth-order valence-electron chi connectivity index (χ4n) is 7.25. The molecule has 3 rings (SSSR count). The lowest BCUT2D eigenvalue weighted by atomic mass is 9.65. The van der Waals surface area contributed by atoms with Crippen LogP contribution in [0.4, 0.5) is 0 Å². The standard InChI is InChI=1S/C34H48O10/c1-5-6-7-8-12-15-27(37)44-30-29(38)33(19-17-26(36)34(30,21-33)32(40)41)18-16-25(31(39)42-4)28(43-23(3)35)22(2)20-24-13-10-9-11-14-24/h9-11,13-14,22,25,28-30,38H,5-8,12,15-21H2,1-4H3,(H,40,41)/t22?,25?,28?,29-,30+,33?,34?/m0/s1. The molecule has 0 saturated heterocycles. The van der Waals surface area contributed by atoms with Crippen molar-refractivity contribution in [1.29, 1.82) is 0 Å². The third-order valence-corrected chi connectivity index (χ3v) is 9.62. The van der Waals surface area contributed by atoms with Crippen LogP contribution in [0.25, 0.3) is 0 Å². The van der Waals surface area contributed by atoms with E-state index in [1.54, 1.807) is 0 Å². The number of ketones is 1. The Balaban J connectivity index is 1.85. The monoisotopic (exact) mass is 616 g/mol. The Morgan fingerprint density at radius 1 is 1.07 bits per heavy atom. The number of hydrogen-bond donors (Lipinski definition) is 2. The molecule has 10 nitrogen and oxygen atoms in total. The molecule has 5 unspecified atom stereocenters. The minimum Gasteiger partial charge on any atom is -0.480 e. The minimum absolute atomic E-state index is 0.0671. The maximum atomic E-state index is 13.2. The number of rotatable bonds is 17. The molecular formula is C34H48O10. The Morgan fingerprint density at radius 2 is 1.75 bits per heavy atom. The summed E-state index contributed by atoms with van der Waals surface area (Å²) in [5.74, 6) is -4.99. The second kappa shape index (κ2) is 15.6. The van der Waals surface area contributed by atoms with Gasteiger partial charge in [0.05, 0.1) is 19.1 Å². The van der Waals surface area contributed by atoms with E-state index in [1.807, 2.05) is 37.3 Å². The van der Waals surface area contributed by atoms with Gasteiger partial charge in [0.15, 0.2) is 17.3 Å². The van der Waals surface area contributed by atoms with Gasteiger partial charge in [-0.1, -0.05) is 69.9 Å². The first-order valence-electron chi connectivity index (χ1n) is 15.8. The van der Waals surface area contributed by atoms with E-state index in [9.17, 15) is 34.2 Å². The second-order valence-corrected chi connectivity index (χ2v) is 12.7. The normalized spacial score (nSPS) is 26.3. The first-order valence-corrected chi connectivity index (χ1v) is 15.8. The van der Waals surface area contributed by atoms with E-state index in [0.717, 1.165) is 31.2 Å². The van der Waals surface area contributed by atoms with Crippen molar-refractivity contribution >= 4 is 29.7 Å². The maximum Gasteiger partial charge on any atom is 0.321 e. The maximum absolute atomic E-state index is 13.2. The van der Waals surface area contributed by atoms with Gasteiger partial charge in [-0.25, -0.2) is 0 Å². The number of methoxy groups -OCH3 is 1. The SMILES string of the molecule is CCCCCCCC(=O)O[C@@H]1[C@H](O)C2(CCC(C(=O)OC)C(OC(C)=O)C(C)Cc3ccccc3)CCC(=O)C1(C(=O)O)C2. The number of esters is 3. The number of carbonyl (C=O) groups excluding carboxylic acids is 4. The number of aliphatic hydroxyl groups is 1. The number of fused-ring (bicyclic) bond motifs is 2. The fraction of sp³-hybridized carbons (Fsp3) is 0.676. The zero-order valence-corrected chi connectivity index (χ0v) is 26.4. The number of carbonyl (C=O) groups is 5. The predicted octanol–water partition coefficient (Wildman–Crippen LogP) is 4.82. The van der Waals surface area contributed by atoms with Crippen molar-refractivity contribution in [3.05, 3.63) is 35.9 Å². The molecule has 2 fully saturated rings. The number of carboxylic acids is 1. The largest absolute Gasteiger partial charge is 0.480 e. The van der Waals surface area contributed by atoms with Crippen LogP contribution in [-0.4, -0.2) is 65.3 Å². The highest BCUT2D eigenvalue weighted by Crippen LogP contribution is 2.60. The number of aliphatic hydroxyl groups excluding tert-OH is 1. The molecule has 0 spiro atoms. The molecule has 1 aromatic carbocycles. The Kier molecular flexibility index (Phi) is 12.5. The summed E-state index contributed by atoms with van der Waals surface area (Å²) < 4.78 is 16.5. The molecule has 7 atom stereocenters. The molecular weight excluding hydrogens is 568 g/mol. The highest BCUT2D eigenvalue weighted by molar-refractivity contribution is 6.05. The predicted molar refractivity (Wildman–Crippen MR) is 160 cm³/mol. The first kappa shape index (κ1) is 35.2. The molecule has 2 bridgehead atoms. The van der Waals surface area contributed by atoms with E-state index in [0.29, 0.717) is 12.8 Å². The molecule has 2 aliphatic rings. The molecule has 0 radical (unpaired) electrons. The van der Waals surface area contributed by atoms with Gasteiger partial charge < -0.3 is 24.4 Å². The summed E-state index contributed by atoms with van der Waals surface area (Å²) in [6.07, 6.45) is 1.33. The molecule has 0 heterocycles. The second-order valence-electron chi connectivity index (χ2n) is 12.7. The summed E-state index contributed by atoms with van der Waals surface area (Å²) in [6, 6.07) is 9.58. The summed E-state index contributed by atoms with van der Waals surface area (Å²) in [6.45, 7) is 5.24. The molecule has 44 heavy (non-hydrogen) atoms. The van der Waals surface area contributed by atoms with E-state index < -0.39 is 64.7 Å². The zero-order chi connectivity index (χ0) is 32.5. The van der Waals surface area contributed by atoms with Crippen molar-refractivity contribution in [2.75, 3.05) is 7.11 Å². The van der Waals surface area contributed by atoms with Crippen LogP contribution < -0.4 is 0 Å². The Morgan fingerprint density at radius 3 is 2.36 bits per heavy atom. The quantitative estimate of drug-likeness (QED) is 0.108. The lowest BCUT2D eigenvalue weighted by Gasteiger charge is -2.38. The minimum atomic E-state index is -2.06. The summed E-state index contributed by atoms with van der Waals surface area (Å²) in [4.78, 5) is 64.0. The van der Waals surface area contributed by atoms with Gasteiger partial charge in [0, 0.05) is 25.2 Å². The van der Waals surface area contributed by atoms with E-state index in [1.165, 1.54) is 14.0 Å². The third kappa shape index (κ3) is 7.86. The lowest BCUT2D eigenvalue weighted by molar-refractivity contribution is -0.175. The number of aliphatic carboxylic acids is 1. The fourth-order valence-corrected chi connectivity index (χ4v) is 7.25. The highest BCUT2D eigenvalue weighted by Gasteiger charge is 2.71. The van der Waals surface area contributed by atoms with E-state index in [2.05, 4.69) is 6.92 Å².